The summed E-state index contributed by atoms with van der Waals surface area (Å²) in [6, 6.07) is 21.1. The van der Waals surface area contributed by atoms with Crippen LogP contribution in [0.4, 0.5) is 4.79 Å². The van der Waals surface area contributed by atoms with Crippen LogP contribution in [0.3, 0.4) is 0 Å². The molecular formula is C25H32N2O2. The second-order valence-electron chi connectivity index (χ2n) is 8.70. The molecule has 0 spiro atoms. The lowest BCUT2D eigenvalue weighted by molar-refractivity contribution is 0.0126. The van der Waals surface area contributed by atoms with Gasteiger partial charge in [-0.15, -0.1) is 6.58 Å². The molecule has 2 aromatic rings. The Morgan fingerprint density at radius 3 is 2.38 bits per heavy atom. The van der Waals surface area contributed by atoms with Gasteiger partial charge in [-0.05, 0) is 38.3 Å². The van der Waals surface area contributed by atoms with E-state index in [4.69, 9.17) is 4.74 Å². The lowest BCUT2D eigenvalue weighted by atomic mass is 9.77. The third kappa shape index (κ3) is 5.70. The first-order valence-electron chi connectivity index (χ1n) is 10.3. The number of nitrogens with one attached hydrogen (secondary N) is 1. The van der Waals surface area contributed by atoms with Crippen molar-refractivity contribution in [3.63, 3.8) is 0 Å². The Hall–Kier alpha value is -2.59. The first-order chi connectivity index (χ1) is 13.9. The standard InChI is InChI=1S/C25H32N2O2/c1-5-12-22(26-24(28)29-25(2,3)4)23-21(20-15-10-7-11-16-20)18-27(23)17-19-13-8-6-9-14-19/h5-11,13-16,21-23H,1,12,17-18H2,2-4H3,(H,26,28)/t21-,22-,23+/m0/s1. The number of hydrogen-bond acceptors (Lipinski definition) is 3. The number of nitrogens with zero attached hydrogens (tertiary/aromatic N) is 1. The second kappa shape index (κ2) is 9.27. The predicted octanol–water partition coefficient (Wildman–Crippen LogP) is 5.12. The van der Waals surface area contributed by atoms with Crippen LogP contribution in [0.25, 0.3) is 0 Å². The van der Waals surface area contributed by atoms with E-state index in [-0.39, 0.29) is 18.2 Å². The van der Waals surface area contributed by atoms with Gasteiger partial charge >= 0.3 is 6.09 Å². The van der Waals surface area contributed by atoms with E-state index in [0.29, 0.717) is 12.3 Å². The molecule has 0 unspecified atom stereocenters. The second-order valence-corrected chi connectivity index (χ2v) is 8.70. The minimum absolute atomic E-state index is 0.0648. The summed E-state index contributed by atoms with van der Waals surface area (Å²) in [5.41, 5.74) is 2.06. The van der Waals surface area contributed by atoms with E-state index >= 15 is 0 Å². The Bertz CT molecular complexity index is 799. The molecule has 0 aromatic heterocycles. The summed E-state index contributed by atoms with van der Waals surface area (Å²) in [6.07, 6.45) is 2.20. The average Bonchev–Trinajstić information content (AvgIpc) is 2.65. The highest BCUT2D eigenvalue weighted by molar-refractivity contribution is 5.68. The summed E-state index contributed by atoms with van der Waals surface area (Å²) in [5.74, 6) is 0.361. The Labute approximate surface area is 174 Å². The van der Waals surface area contributed by atoms with Crippen molar-refractivity contribution in [2.24, 2.45) is 0 Å². The summed E-state index contributed by atoms with van der Waals surface area (Å²) in [7, 11) is 0. The fraction of sp³-hybridized carbons (Fsp3) is 0.400. The maximum Gasteiger partial charge on any atom is 0.407 e. The Morgan fingerprint density at radius 2 is 1.79 bits per heavy atom. The Kier molecular flexibility index (Phi) is 6.75. The number of rotatable bonds is 7. The molecule has 0 aliphatic carbocycles. The number of likely N-dealkylation sites (tertiary alicyclic amines) is 1. The van der Waals surface area contributed by atoms with Crippen LogP contribution < -0.4 is 5.32 Å². The van der Waals surface area contributed by atoms with Gasteiger partial charge in [-0.3, -0.25) is 4.90 Å². The molecule has 3 atom stereocenters. The van der Waals surface area contributed by atoms with Crippen LogP contribution >= 0.6 is 0 Å². The number of ether oxygens (including phenoxy) is 1. The van der Waals surface area contributed by atoms with Crippen molar-refractivity contribution in [1.29, 1.82) is 0 Å². The highest BCUT2D eigenvalue weighted by Gasteiger charge is 2.44. The molecule has 4 nitrogen and oxygen atoms in total. The van der Waals surface area contributed by atoms with E-state index in [9.17, 15) is 4.79 Å². The molecule has 1 saturated heterocycles. The minimum Gasteiger partial charge on any atom is -0.444 e. The molecule has 1 aliphatic heterocycles. The molecule has 1 amide bonds. The SMILES string of the molecule is C=CC[C@H](NC(=O)OC(C)(C)C)[C@H]1[C@H](c2ccccc2)CN1Cc1ccccc1. The molecule has 1 fully saturated rings. The van der Waals surface area contributed by atoms with Crippen molar-refractivity contribution < 1.29 is 9.53 Å². The largest absolute Gasteiger partial charge is 0.444 e. The number of hydrogen-bond donors (Lipinski definition) is 1. The first-order valence-corrected chi connectivity index (χ1v) is 10.3. The molecule has 29 heavy (non-hydrogen) atoms. The van der Waals surface area contributed by atoms with Crippen LogP contribution in [-0.4, -0.2) is 35.2 Å². The molecule has 0 bridgehead atoms. The van der Waals surface area contributed by atoms with Crippen molar-refractivity contribution in [2.75, 3.05) is 6.54 Å². The van der Waals surface area contributed by atoms with Crippen LogP contribution in [0, 0.1) is 0 Å². The zero-order chi connectivity index (χ0) is 20.9. The monoisotopic (exact) mass is 392 g/mol. The number of carbonyl (C=O) groups is 1. The maximum atomic E-state index is 12.5. The average molecular weight is 393 g/mol. The Morgan fingerprint density at radius 1 is 1.17 bits per heavy atom. The molecule has 0 radical (unpaired) electrons. The van der Waals surface area contributed by atoms with Crippen molar-refractivity contribution in [2.45, 2.75) is 57.3 Å². The maximum absolute atomic E-state index is 12.5. The van der Waals surface area contributed by atoms with Gasteiger partial charge in [0.05, 0.1) is 6.04 Å². The van der Waals surface area contributed by atoms with Gasteiger partial charge in [-0.2, -0.15) is 0 Å². The van der Waals surface area contributed by atoms with E-state index in [2.05, 4.69) is 65.3 Å². The predicted molar refractivity (Wildman–Crippen MR) is 118 cm³/mol. The number of amides is 1. The highest BCUT2D eigenvalue weighted by Crippen LogP contribution is 2.38. The van der Waals surface area contributed by atoms with E-state index in [1.165, 1.54) is 11.1 Å². The van der Waals surface area contributed by atoms with Gasteiger partial charge in [-0.1, -0.05) is 66.7 Å². The van der Waals surface area contributed by atoms with Crippen molar-refractivity contribution in [3.8, 4) is 0 Å². The van der Waals surface area contributed by atoms with Crippen molar-refractivity contribution in [1.82, 2.24) is 10.2 Å². The van der Waals surface area contributed by atoms with E-state index in [0.717, 1.165) is 13.1 Å². The minimum atomic E-state index is -0.523. The summed E-state index contributed by atoms with van der Waals surface area (Å²) < 4.78 is 5.52. The van der Waals surface area contributed by atoms with Crippen LogP contribution in [-0.2, 0) is 11.3 Å². The lowest BCUT2D eigenvalue weighted by Crippen LogP contribution is -2.63. The lowest BCUT2D eigenvalue weighted by Gasteiger charge is -2.52. The van der Waals surface area contributed by atoms with Crippen LogP contribution in [0.2, 0.25) is 0 Å². The van der Waals surface area contributed by atoms with E-state index in [1.807, 2.05) is 39.0 Å². The Balaban J connectivity index is 1.81. The van der Waals surface area contributed by atoms with Gasteiger partial charge in [0.2, 0.25) is 0 Å². The third-order valence-corrected chi connectivity index (χ3v) is 5.26. The quantitative estimate of drug-likeness (QED) is 0.665. The topological polar surface area (TPSA) is 41.6 Å². The third-order valence-electron chi connectivity index (χ3n) is 5.26. The zero-order valence-electron chi connectivity index (χ0n) is 17.7. The summed E-state index contributed by atoms with van der Waals surface area (Å²) in [6.45, 7) is 11.4. The van der Waals surface area contributed by atoms with E-state index in [1.54, 1.807) is 0 Å². The zero-order valence-corrected chi connectivity index (χ0v) is 17.7. The number of benzene rings is 2. The smallest absolute Gasteiger partial charge is 0.407 e. The van der Waals surface area contributed by atoms with E-state index < -0.39 is 5.60 Å². The fourth-order valence-corrected chi connectivity index (χ4v) is 4.05. The summed E-state index contributed by atoms with van der Waals surface area (Å²) in [5, 5.41) is 3.12. The molecule has 0 saturated carbocycles. The van der Waals surface area contributed by atoms with Gasteiger partial charge in [0.25, 0.3) is 0 Å². The van der Waals surface area contributed by atoms with Crippen LogP contribution in [0.1, 0.15) is 44.2 Å². The highest BCUT2D eigenvalue weighted by atomic mass is 16.6. The van der Waals surface area contributed by atoms with Gasteiger partial charge in [0, 0.05) is 25.0 Å². The molecule has 1 N–H and O–H groups in total. The number of alkyl carbamates (subject to hydrolysis) is 1. The summed E-state index contributed by atoms with van der Waals surface area (Å²) >= 11 is 0. The van der Waals surface area contributed by atoms with Crippen LogP contribution in [0.15, 0.2) is 73.3 Å². The molecular weight excluding hydrogens is 360 g/mol. The normalized spacial score (nSPS) is 20.4. The molecule has 154 valence electrons. The first kappa shape index (κ1) is 21.1. The fourth-order valence-electron chi connectivity index (χ4n) is 4.05. The number of carbonyl (C=O) groups excluding carboxylic acids is 1. The summed E-state index contributed by atoms with van der Waals surface area (Å²) in [4.78, 5) is 15.0. The van der Waals surface area contributed by atoms with Crippen molar-refractivity contribution >= 4 is 6.09 Å². The van der Waals surface area contributed by atoms with Gasteiger partial charge < -0.3 is 10.1 Å². The van der Waals surface area contributed by atoms with Crippen LogP contribution in [0.5, 0.6) is 0 Å². The molecule has 3 rings (SSSR count). The molecule has 2 aromatic carbocycles. The molecule has 4 heteroatoms. The molecule has 1 heterocycles. The molecule has 1 aliphatic rings. The van der Waals surface area contributed by atoms with Gasteiger partial charge in [-0.25, -0.2) is 4.79 Å². The van der Waals surface area contributed by atoms with Gasteiger partial charge in [0.15, 0.2) is 0 Å². The van der Waals surface area contributed by atoms with Crippen molar-refractivity contribution in [3.05, 3.63) is 84.4 Å². The van der Waals surface area contributed by atoms with Gasteiger partial charge in [0.1, 0.15) is 5.60 Å².